The minimum absolute atomic E-state index is 0.290. The standard InChI is InChI=1S/C13H17ClN4/c1-3-13(10-5-4-6-11(14)7-10)15-8-12-9-16-17-18(12)2/h4-7,9,13,15H,3,8H2,1-2H3. The second kappa shape index (κ2) is 5.98. The molecule has 2 aromatic rings. The molecule has 1 aromatic heterocycles. The van der Waals surface area contributed by atoms with Crippen LogP contribution in [0.25, 0.3) is 0 Å². The van der Waals surface area contributed by atoms with E-state index in [0.717, 1.165) is 23.7 Å². The maximum Gasteiger partial charge on any atom is 0.0738 e. The molecule has 0 aliphatic rings. The zero-order valence-corrected chi connectivity index (χ0v) is 11.4. The van der Waals surface area contributed by atoms with Gasteiger partial charge in [0, 0.05) is 24.7 Å². The van der Waals surface area contributed by atoms with Gasteiger partial charge in [0.25, 0.3) is 0 Å². The van der Waals surface area contributed by atoms with Gasteiger partial charge in [-0.3, -0.25) is 4.68 Å². The number of rotatable bonds is 5. The number of halogens is 1. The summed E-state index contributed by atoms with van der Waals surface area (Å²) in [6.07, 6.45) is 2.78. The average molecular weight is 265 g/mol. The van der Waals surface area contributed by atoms with Crippen LogP contribution in [0.4, 0.5) is 0 Å². The smallest absolute Gasteiger partial charge is 0.0738 e. The quantitative estimate of drug-likeness (QED) is 0.903. The molecule has 1 atom stereocenters. The third-order valence-corrected chi connectivity index (χ3v) is 3.23. The summed E-state index contributed by atoms with van der Waals surface area (Å²) >= 11 is 6.02. The van der Waals surface area contributed by atoms with Crippen molar-refractivity contribution in [1.29, 1.82) is 0 Å². The van der Waals surface area contributed by atoms with Gasteiger partial charge in [-0.25, -0.2) is 0 Å². The van der Waals surface area contributed by atoms with E-state index in [1.165, 1.54) is 5.56 Å². The van der Waals surface area contributed by atoms with E-state index in [-0.39, 0.29) is 0 Å². The third-order valence-electron chi connectivity index (χ3n) is 3.00. The molecule has 4 nitrogen and oxygen atoms in total. The van der Waals surface area contributed by atoms with E-state index >= 15 is 0 Å². The Bertz CT molecular complexity index is 509. The number of nitrogens with one attached hydrogen (secondary N) is 1. The van der Waals surface area contributed by atoms with E-state index in [9.17, 15) is 0 Å². The third kappa shape index (κ3) is 3.09. The van der Waals surface area contributed by atoms with Crippen molar-refractivity contribution in [3.63, 3.8) is 0 Å². The monoisotopic (exact) mass is 264 g/mol. The molecule has 0 saturated heterocycles. The van der Waals surface area contributed by atoms with E-state index in [1.54, 1.807) is 10.9 Å². The summed E-state index contributed by atoms with van der Waals surface area (Å²) in [5.41, 5.74) is 2.27. The number of hydrogen-bond donors (Lipinski definition) is 1. The van der Waals surface area contributed by atoms with E-state index in [1.807, 2.05) is 25.2 Å². The second-order valence-corrected chi connectivity index (χ2v) is 4.68. The van der Waals surface area contributed by atoms with Crippen molar-refractivity contribution in [3.05, 3.63) is 46.7 Å². The Morgan fingerprint density at radius 3 is 2.89 bits per heavy atom. The maximum atomic E-state index is 6.02. The lowest BCUT2D eigenvalue weighted by Crippen LogP contribution is -2.21. The van der Waals surface area contributed by atoms with Crippen LogP contribution in [-0.2, 0) is 13.6 Å². The molecule has 1 heterocycles. The van der Waals surface area contributed by atoms with Crippen LogP contribution in [-0.4, -0.2) is 15.0 Å². The molecule has 5 heteroatoms. The molecule has 1 aromatic carbocycles. The molecule has 0 aliphatic carbocycles. The minimum Gasteiger partial charge on any atom is -0.304 e. The molecule has 0 fully saturated rings. The van der Waals surface area contributed by atoms with Crippen LogP contribution in [0, 0.1) is 0 Å². The van der Waals surface area contributed by atoms with Gasteiger partial charge in [-0.1, -0.05) is 35.9 Å². The van der Waals surface area contributed by atoms with Crippen molar-refractivity contribution in [2.45, 2.75) is 25.9 Å². The van der Waals surface area contributed by atoms with Crippen molar-refractivity contribution in [2.75, 3.05) is 0 Å². The fourth-order valence-electron chi connectivity index (χ4n) is 1.92. The number of aromatic nitrogens is 3. The van der Waals surface area contributed by atoms with E-state index in [4.69, 9.17) is 11.6 Å². The first-order valence-corrected chi connectivity index (χ1v) is 6.41. The molecule has 0 aliphatic heterocycles. The molecule has 96 valence electrons. The van der Waals surface area contributed by atoms with E-state index in [2.05, 4.69) is 28.6 Å². The average Bonchev–Trinajstić information content (AvgIpc) is 2.76. The highest BCUT2D eigenvalue weighted by Crippen LogP contribution is 2.20. The van der Waals surface area contributed by atoms with Crippen LogP contribution in [0.5, 0.6) is 0 Å². The highest BCUT2D eigenvalue weighted by atomic mass is 35.5. The Hall–Kier alpha value is -1.39. The predicted molar refractivity (Wildman–Crippen MR) is 72.3 cm³/mol. The minimum atomic E-state index is 0.290. The summed E-state index contributed by atoms with van der Waals surface area (Å²) in [6, 6.07) is 8.26. The van der Waals surface area contributed by atoms with Crippen LogP contribution >= 0.6 is 11.6 Å². The molecule has 0 spiro atoms. The number of benzene rings is 1. The van der Waals surface area contributed by atoms with Gasteiger partial charge in [-0.15, -0.1) is 5.10 Å². The van der Waals surface area contributed by atoms with Gasteiger partial charge in [-0.2, -0.15) is 0 Å². The van der Waals surface area contributed by atoms with Gasteiger partial charge < -0.3 is 5.32 Å². The number of aryl methyl sites for hydroxylation is 1. The summed E-state index contributed by atoms with van der Waals surface area (Å²) < 4.78 is 1.78. The lowest BCUT2D eigenvalue weighted by atomic mass is 10.0. The molecule has 2 rings (SSSR count). The van der Waals surface area contributed by atoms with Crippen LogP contribution < -0.4 is 5.32 Å². The van der Waals surface area contributed by atoms with Crippen molar-refractivity contribution in [3.8, 4) is 0 Å². The molecule has 1 unspecified atom stereocenters. The number of nitrogens with zero attached hydrogens (tertiary/aromatic N) is 3. The molecule has 1 N–H and O–H groups in total. The maximum absolute atomic E-state index is 6.02. The van der Waals surface area contributed by atoms with Gasteiger partial charge in [0.1, 0.15) is 0 Å². The zero-order chi connectivity index (χ0) is 13.0. The first-order chi connectivity index (χ1) is 8.70. The molecule has 18 heavy (non-hydrogen) atoms. The number of hydrogen-bond acceptors (Lipinski definition) is 3. The van der Waals surface area contributed by atoms with Crippen molar-refractivity contribution in [1.82, 2.24) is 20.3 Å². The van der Waals surface area contributed by atoms with E-state index in [0.29, 0.717) is 6.04 Å². The highest BCUT2D eigenvalue weighted by Gasteiger charge is 2.10. The normalized spacial score (nSPS) is 12.6. The van der Waals surface area contributed by atoms with Crippen LogP contribution in [0.2, 0.25) is 5.02 Å². The second-order valence-electron chi connectivity index (χ2n) is 4.25. The predicted octanol–water partition coefficient (Wildman–Crippen LogP) is 2.71. The molecule has 0 bridgehead atoms. The van der Waals surface area contributed by atoms with Gasteiger partial charge in [0.15, 0.2) is 0 Å². The summed E-state index contributed by atoms with van der Waals surface area (Å²) in [4.78, 5) is 0. The molecular weight excluding hydrogens is 248 g/mol. The fraction of sp³-hybridized carbons (Fsp3) is 0.385. The van der Waals surface area contributed by atoms with Crippen molar-refractivity contribution < 1.29 is 0 Å². The summed E-state index contributed by atoms with van der Waals surface area (Å²) in [7, 11) is 1.89. The summed E-state index contributed by atoms with van der Waals surface area (Å²) in [5.74, 6) is 0. The molecule has 0 saturated carbocycles. The molecule has 0 amide bonds. The Balaban J connectivity index is 2.04. The van der Waals surface area contributed by atoms with E-state index < -0.39 is 0 Å². The first kappa shape index (κ1) is 13.1. The van der Waals surface area contributed by atoms with Gasteiger partial charge in [0.2, 0.25) is 0 Å². The van der Waals surface area contributed by atoms with Gasteiger partial charge in [0.05, 0.1) is 11.9 Å². The lowest BCUT2D eigenvalue weighted by Gasteiger charge is -2.17. The van der Waals surface area contributed by atoms with Gasteiger partial charge >= 0.3 is 0 Å². The van der Waals surface area contributed by atoms with Crippen molar-refractivity contribution in [2.24, 2.45) is 7.05 Å². The zero-order valence-electron chi connectivity index (χ0n) is 10.6. The largest absolute Gasteiger partial charge is 0.304 e. The SMILES string of the molecule is CCC(NCc1cnnn1C)c1cccc(Cl)c1. The van der Waals surface area contributed by atoms with Crippen LogP contribution in [0.1, 0.15) is 30.6 Å². The fourth-order valence-corrected chi connectivity index (χ4v) is 2.12. The van der Waals surface area contributed by atoms with Crippen LogP contribution in [0.15, 0.2) is 30.5 Å². The molecular formula is C13H17ClN4. The summed E-state index contributed by atoms with van der Waals surface area (Å²) in [6.45, 7) is 2.90. The Morgan fingerprint density at radius 1 is 1.44 bits per heavy atom. The Labute approximate surface area is 112 Å². The van der Waals surface area contributed by atoms with Crippen molar-refractivity contribution >= 4 is 11.6 Å². The lowest BCUT2D eigenvalue weighted by molar-refractivity contribution is 0.502. The van der Waals surface area contributed by atoms with Crippen LogP contribution in [0.3, 0.4) is 0 Å². The molecule has 0 radical (unpaired) electrons. The summed E-state index contributed by atoms with van der Waals surface area (Å²) in [5, 5.41) is 12.0. The first-order valence-electron chi connectivity index (χ1n) is 6.03. The Morgan fingerprint density at radius 2 is 2.28 bits per heavy atom. The van der Waals surface area contributed by atoms with Gasteiger partial charge in [-0.05, 0) is 24.1 Å². The Kier molecular flexibility index (Phi) is 4.33. The highest BCUT2D eigenvalue weighted by molar-refractivity contribution is 6.30. The topological polar surface area (TPSA) is 42.7 Å².